The molecule has 1 aromatic carbocycles. The van der Waals surface area contributed by atoms with Gasteiger partial charge in [-0.05, 0) is 43.5 Å². The molecule has 0 radical (unpaired) electrons. The van der Waals surface area contributed by atoms with Crippen molar-refractivity contribution in [2.24, 2.45) is 7.05 Å². The molecule has 2 heterocycles. The second kappa shape index (κ2) is 5.11. The fraction of sp³-hybridized carbons (Fsp3) is 0.133. The highest BCUT2D eigenvalue weighted by molar-refractivity contribution is 7.89. The molecule has 0 spiro atoms. The Balaban J connectivity index is 2.15. The minimum absolute atomic E-state index is 0.128. The molecule has 1 aliphatic heterocycles. The van der Waals surface area contributed by atoms with Crippen LogP contribution in [-0.2, 0) is 21.9 Å². The molecule has 2 aromatic rings. The van der Waals surface area contributed by atoms with Crippen LogP contribution >= 0.6 is 0 Å². The Hall–Kier alpha value is -2.38. The summed E-state index contributed by atoms with van der Waals surface area (Å²) in [6.07, 6.45) is 3.62. The van der Waals surface area contributed by atoms with Crippen LogP contribution in [0.3, 0.4) is 0 Å². The minimum atomic E-state index is -3.55. The van der Waals surface area contributed by atoms with E-state index < -0.39 is 10.0 Å². The number of carbonyl (C=O) groups excluding carboxylic acids is 1. The number of nitrogens with one attached hydrogen (secondary N) is 2. The van der Waals surface area contributed by atoms with E-state index in [1.54, 1.807) is 12.1 Å². The first-order valence-electron chi connectivity index (χ1n) is 6.65. The monoisotopic (exact) mass is 317 g/mol. The van der Waals surface area contributed by atoms with Gasteiger partial charge >= 0.3 is 0 Å². The Labute approximate surface area is 128 Å². The number of carbonyl (C=O) groups is 1. The molecule has 0 atom stereocenters. The molecular weight excluding hydrogens is 302 g/mol. The summed E-state index contributed by atoms with van der Waals surface area (Å²) in [6.45, 7) is 0. The fourth-order valence-electron chi connectivity index (χ4n) is 2.37. The molecule has 2 N–H and O–H groups in total. The average Bonchev–Trinajstić information content (AvgIpc) is 3.03. The number of hydrogen-bond acceptors (Lipinski definition) is 3. The van der Waals surface area contributed by atoms with Crippen LogP contribution in [0.15, 0.2) is 41.4 Å². The molecule has 7 heteroatoms. The predicted octanol–water partition coefficient (Wildman–Crippen LogP) is 1.43. The second-order valence-electron chi connectivity index (χ2n) is 4.97. The third-order valence-electron chi connectivity index (χ3n) is 3.63. The lowest BCUT2D eigenvalue weighted by Gasteiger charge is -2.05. The highest BCUT2D eigenvalue weighted by Gasteiger charge is 2.26. The number of fused-ring (bicyclic) bond motifs is 1. The van der Waals surface area contributed by atoms with Gasteiger partial charge in [-0.15, -0.1) is 0 Å². The van der Waals surface area contributed by atoms with Crippen LogP contribution in [0.25, 0.3) is 11.6 Å². The summed E-state index contributed by atoms with van der Waals surface area (Å²) in [5.41, 5.74) is 2.51. The van der Waals surface area contributed by atoms with E-state index in [-0.39, 0.29) is 10.8 Å². The smallest absolute Gasteiger partial charge is 0.256 e. The molecule has 6 nitrogen and oxygen atoms in total. The highest BCUT2D eigenvalue weighted by atomic mass is 32.2. The van der Waals surface area contributed by atoms with Gasteiger partial charge in [-0.2, -0.15) is 0 Å². The van der Waals surface area contributed by atoms with Gasteiger partial charge < -0.3 is 9.88 Å². The number of anilines is 1. The van der Waals surface area contributed by atoms with Crippen molar-refractivity contribution in [2.75, 3.05) is 12.4 Å². The molecule has 0 unspecified atom stereocenters. The van der Waals surface area contributed by atoms with Crippen molar-refractivity contribution < 1.29 is 13.2 Å². The summed E-state index contributed by atoms with van der Waals surface area (Å²) in [6, 6.07) is 8.34. The largest absolute Gasteiger partial charge is 0.351 e. The van der Waals surface area contributed by atoms with Gasteiger partial charge in [-0.3, -0.25) is 4.79 Å². The highest BCUT2D eigenvalue weighted by Crippen LogP contribution is 2.34. The standard InChI is InChI=1S/C15H15N3O3S/c1-16-22(20,21)11-5-6-14-12(9-11)13(15(19)17-14)8-10-4-3-7-18(10)2/h3-9,16H,1-2H3,(H,17,19). The van der Waals surface area contributed by atoms with Crippen molar-refractivity contribution in [3.8, 4) is 0 Å². The summed E-state index contributed by atoms with van der Waals surface area (Å²) in [5.74, 6) is -0.241. The zero-order valence-electron chi connectivity index (χ0n) is 12.1. The Morgan fingerprint density at radius 3 is 2.68 bits per heavy atom. The molecule has 0 saturated carbocycles. The van der Waals surface area contributed by atoms with Crippen LogP contribution in [0.2, 0.25) is 0 Å². The SMILES string of the molecule is CNS(=O)(=O)c1ccc2c(c1)C(=Cc1cccn1C)C(=O)N2. The van der Waals surface area contributed by atoms with Crippen molar-refractivity contribution in [3.63, 3.8) is 0 Å². The summed E-state index contributed by atoms with van der Waals surface area (Å²) < 4.78 is 28.0. The van der Waals surface area contributed by atoms with E-state index in [9.17, 15) is 13.2 Å². The first kappa shape index (κ1) is 14.6. The molecule has 0 bridgehead atoms. The first-order chi connectivity index (χ1) is 10.4. The van der Waals surface area contributed by atoms with Crippen LogP contribution in [-0.4, -0.2) is 25.9 Å². The van der Waals surface area contributed by atoms with Crippen LogP contribution < -0.4 is 10.0 Å². The summed E-state index contributed by atoms with van der Waals surface area (Å²) >= 11 is 0. The second-order valence-corrected chi connectivity index (χ2v) is 6.86. The van der Waals surface area contributed by atoms with Gasteiger partial charge in [0.15, 0.2) is 0 Å². The number of hydrogen-bond donors (Lipinski definition) is 2. The number of benzene rings is 1. The number of nitrogens with zero attached hydrogens (tertiary/aromatic N) is 1. The Kier molecular flexibility index (Phi) is 3.38. The van der Waals surface area contributed by atoms with Crippen LogP contribution in [0.1, 0.15) is 11.3 Å². The van der Waals surface area contributed by atoms with Crippen molar-refractivity contribution in [1.82, 2.24) is 9.29 Å². The van der Waals surface area contributed by atoms with E-state index in [1.807, 2.05) is 29.9 Å². The Bertz CT molecular complexity index is 895. The zero-order valence-corrected chi connectivity index (χ0v) is 12.9. The van der Waals surface area contributed by atoms with Crippen molar-refractivity contribution in [2.45, 2.75) is 4.90 Å². The molecule has 0 saturated heterocycles. The maximum Gasteiger partial charge on any atom is 0.256 e. The summed E-state index contributed by atoms with van der Waals surface area (Å²) in [7, 11) is -0.321. The zero-order chi connectivity index (χ0) is 15.9. The molecule has 1 aromatic heterocycles. The van der Waals surface area contributed by atoms with Gasteiger partial charge in [-0.25, -0.2) is 13.1 Å². The maximum atomic E-state index is 12.1. The molecule has 1 aliphatic rings. The molecule has 0 fully saturated rings. The van der Waals surface area contributed by atoms with E-state index >= 15 is 0 Å². The number of aromatic nitrogens is 1. The van der Waals surface area contributed by atoms with E-state index in [0.717, 1.165) is 5.69 Å². The molecule has 0 aliphatic carbocycles. The molecule has 1 amide bonds. The topological polar surface area (TPSA) is 80.2 Å². The van der Waals surface area contributed by atoms with E-state index in [4.69, 9.17) is 0 Å². The normalized spacial score (nSPS) is 15.9. The van der Waals surface area contributed by atoms with Crippen molar-refractivity contribution >= 4 is 33.3 Å². The van der Waals surface area contributed by atoms with E-state index in [2.05, 4.69) is 10.0 Å². The quantitative estimate of drug-likeness (QED) is 0.840. The van der Waals surface area contributed by atoms with Gasteiger partial charge in [0, 0.05) is 30.2 Å². The van der Waals surface area contributed by atoms with E-state index in [1.165, 1.54) is 19.2 Å². The Morgan fingerprint density at radius 2 is 2.05 bits per heavy atom. The maximum absolute atomic E-state index is 12.1. The van der Waals surface area contributed by atoms with E-state index in [0.29, 0.717) is 16.8 Å². The Morgan fingerprint density at radius 1 is 1.27 bits per heavy atom. The first-order valence-corrected chi connectivity index (χ1v) is 8.13. The van der Waals surface area contributed by atoms with Crippen LogP contribution in [0.4, 0.5) is 5.69 Å². The lowest BCUT2D eigenvalue weighted by Crippen LogP contribution is -2.18. The number of rotatable bonds is 3. The van der Waals surface area contributed by atoms with Gasteiger partial charge in [0.2, 0.25) is 10.0 Å². The molecular formula is C15H15N3O3S. The lowest BCUT2D eigenvalue weighted by molar-refractivity contribution is -0.110. The van der Waals surface area contributed by atoms with Crippen LogP contribution in [0, 0.1) is 0 Å². The average molecular weight is 317 g/mol. The summed E-state index contributed by atoms with van der Waals surface area (Å²) in [5, 5.41) is 2.74. The third kappa shape index (κ3) is 2.34. The van der Waals surface area contributed by atoms with Gasteiger partial charge in [0.05, 0.1) is 10.5 Å². The fourth-order valence-corrected chi connectivity index (χ4v) is 3.12. The van der Waals surface area contributed by atoms with Crippen molar-refractivity contribution in [3.05, 3.63) is 47.8 Å². The molecule has 22 heavy (non-hydrogen) atoms. The van der Waals surface area contributed by atoms with Crippen molar-refractivity contribution in [1.29, 1.82) is 0 Å². The van der Waals surface area contributed by atoms with Crippen LogP contribution in [0.5, 0.6) is 0 Å². The number of amides is 1. The molecule has 114 valence electrons. The van der Waals surface area contributed by atoms with Gasteiger partial charge in [-0.1, -0.05) is 0 Å². The van der Waals surface area contributed by atoms with Gasteiger partial charge in [0.1, 0.15) is 0 Å². The number of aryl methyl sites for hydroxylation is 1. The van der Waals surface area contributed by atoms with Gasteiger partial charge in [0.25, 0.3) is 5.91 Å². The number of sulfonamides is 1. The minimum Gasteiger partial charge on any atom is -0.351 e. The molecule has 3 rings (SSSR count). The lowest BCUT2D eigenvalue weighted by atomic mass is 10.1. The summed E-state index contributed by atoms with van der Waals surface area (Å²) in [4.78, 5) is 12.3. The third-order valence-corrected chi connectivity index (χ3v) is 5.04. The predicted molar refractivity (Wildman–Crippen MR) is 84.6 cm³/mol.